The van der Waals surface area contributed by atoms with Gasteiger partial charge in [-0.15, -0.1) is 0 Å². The van der Waals surface area contributed by atoms with E-state index in [2.05, 4.69) is 25.8 Å². The number of amides is 1. The van der Waals surface area contributed by atoms with Crippen molar-refractivity contribution in [1.82, 2.24) is 20.9 Å². The van der Waals surface area contributed by atoms with Crippen molar-refractivity contribution in [3.63, 3.8) is 0 Å². The van der Waals surface area contributed by atoms with Crippen molar-refractivity contribution in [2.75, 3.05) is 45.5 Å². The second-order valence-electron chi connectivity index (χ2n) is 6.49. The van der Waals surface area contributed by atoms with E-state index in [1.165, 1.54) is 0 Å². The second kappa shape index (κ2) is 11.7. The number of hydrogen-bond donors (Lipinski definition) is 3. The molecule has 0 spiro atoms. The molecular formula is C19H31N5O2S. The summed E-state index contributed by atoms with van der Waals surface area (Å²) < 4.78 is 12.3. The monoisotopic (exact) mass is 393 g/mol. The summed E-state index contributed by atoms with van der Waals surface area (Å²) in [5.74, 6) is 1.33. The molecule has 1 heterocycles. The zero-order chi connectivity index (χ0) is 19.5. The van der Waals surface area contributed by atoms with Gasteiger partial charge in [-0.1, -0.05) is 18.2 Å². The van der Waals surface area contributed by atoms with Gasteiger partial charge in [-0.2, -0.15) is 0 Å². The van der Waals surface area contributed by atoms with Crippen LogP contribution in [0.4, 0.5) is 0 Å². The Bertz CT molecular complexity index is 630. The van der Waals surface area contributed by atoms with Crippen LogP contribution in [0.1, 0.15) is 19.8 Å². The average Bonchev–Trinajstić information content (AvgIpc) is 2.70. The molecule has 1 amide bonds. The van der Waals surface area contributed by atoms with Crippen LogP contribution in [0.25, 0.3) is 0 Å². The standard InChI is InChI=1S/C19H31N5O2S/c1-3-21-19(22-11-14-27(26)17-7-5-4-6-8-17)23-16-9-12-24(13-10-16)15-18(25)20-2/h4-8,16H,3,9-15H2,1-2H3,(H,20,25)(H2,21,22,23). The van der Waals surface area contributed by atoms with Gasteiger partial charge in [-0.25, -0.2) is 0 Å². The van der Waals surface area contributed by atoms with Crippen LogP contribution < -0.4 is 16.0 Å². The SMILES string of the molecule is CCNC(=NCCS(=O)c1ccccc1)NC1CCN(CC(=O)NC)CC1. The van der Waals surface area contributed by atoms with Gasteiger partial charge in [0, 0.05) is 43.4 Å². The van der Waals surface area contributed by atoms with Crippen LogP contribution in [0.2, 0.25) is 0 Å². The molecule has 1 atom stereocenters. The van der Waals surface area contributed by atoms with Crippen molar-refractivity contribution >= 4 is 22.7 Å². The molecular weight excluding hydrogens is 362 g/mol. The molecule has 0 aromatic heterocycles. The fraction of sp³-hybridized carbons (Fsp3) is 0.579. The molecule has 1 unspecified atom stereocenters. The highest BCUT2D eigenvalue weighted by molar-refractivity contribution is 7.85. The van der Waals surface area contributed by atoms with Gasteiger partial charge >= 0.3 is 0 Å². The molecule has 150 valence electrons. The lowest BCUT2D eigenvalue weighted by Gasteiger charge is -2.32. The van der Waals surface area contributed by atoms with Crippen molar-refractivity contribution in [3.05, 3.63) is 30.3 Å². The Kier molecular flexibility index (Phi) is 9.27. The number of piperidine rings is 1. The normalized spacial score (nSPS) is 17.3. The number of benzene rings is 1. The zero-order valence-corrected chi connectivity index (χ0v) is 17.1. The number of nitrogens with zero attached hydrogens (tertiary/aromatic N) is 2. The fourth-order valence-corrected chi connectivity index (χ4v) is 3.91. The Morgan fingerprint density at radius 3 is 2.59 bits per heavy atom. The average molecular weight is 394 g/mol. The van der Waals surface area contributed by atoms with E-state index in [0.29, 0.717) is 24.9 Å². The maximum atomic E-state index is 12.3. The lowest BCUT2D eigenvalue weighted by molar-refractivity contribution is -0.122. The summed E-state index contributed by atoms with van der Waals surface area (Å²) in [6.45, 7) is 5.56. The first-order valence-corrected chi connectivity index (χ1v) is 10.9. The predicted octanol–water partition coefficient (Wildman–Crippen LogP) is 0.560. The number of carbonyl (C=O) groups excluding carboxylic acids is 1. The highest BCUT2D eigenvalue weighted by atomic mass is 32.2. The third-order valence-corrected chi connectivity index (χ3v) is 5.82. The summed E-state index contributed by atoms with van der Waals surface area (Å²) in [6.07, 6.45) is 1.94. The first kappa shape index (κ1) is 21.4. The van der Waals surface area contributed by atoms with E-state index in [1.807, 2.05) is 37.3 Å². The number of aliphatic imine (C=N–C) groups is 1. The van der Waals surface area contributed by atoms with Crippen molar-refractivity contribution in [3.8, 4) is 0 Å². The lowest BCUT2D eigenvalue weighted by Crippen LogP contribution is -2.50. The minimum Gasteiger partial charge on any atom is -0.358 e. The third kappa shape index (κ3) is 7.68. The van der Waals surface area contributed by atoms with Crippen LogP contribution in [0.15, 0.2) is 40.2 Å². The highest BCUT2D eigenvalue weighted by Crippen LogP contribution is 2.10. The largest absolute Gasteiger partial charge is 0.358 e. The molecule has 1 aliphatic heterocycles. The van der Waals surface area contributed by atoms with Crippen molar-refractivity contribution in [2.24, 2.45) is 4.99 Å². The van der Waals surface area contributed by atoms with Gasteiger partial charge in [0.15, 0.2) is 5.96 Å². The van der Waals surface area contributed by atoms with E-state index in [0.717, 1.165) is 43.3 Å². The zero-order valence-electron chi connectivity index (χ0n) is 16.2. The van der Waals surface area contributed by atoms with Crippen molar-refractivity contribution in [1.29, 1.82) is 0 Å². The molecule has 7 nitrogen and oxygen atoms in total. The molecule has 3 N–H and O–H groups in total. The van der Waals surface area contributed by atoms with Gasteiger partial charge in [-0.3, -0.25) is 18.9 Å². The van der Waals surface area contributed by atoms with Gasteiger partial charge in [0.1, 0.15) is 0 Å². The van der Waals surface area contributed by atoms with Crippen LogP contribution in [-0.2, 0) is 15.6 Å². The minimum absolute atomic E-state index is 0.0581. The summed E-state index contributed by atoms with van der Waals surface area (Å²) in [5, 5.41) is 9.40. The fourth-order valence-electron chi connectivity index (χ4n) is 2.96. The molecule has 1 fully saturated rings. The van der Waals surface area contributed by atoms with Crippen LogP contribution >= 0.6 is 0 Å². The van der Waals surface area contributed by atoms with Gasteiger partial charge < -0.3 is 16.0 Å². The summed E-state index contributed by atoms with van der Waals surface area (Å²) >= 11 is 0. The van der Waals surface area contributed by atoms with Crippen LogP contribution in [0, 0.1) is 0 Å². The van der Waals surface area contributed by atoms with E-state index in [1.54, 1.807) is 7.05 Å². The quantitative estimate of drug-likeness (QED) is 0.444. The second-order valence-corrected chi connectivity index (χ2v) is 8.06. The molecule has 0 bridgehead atoms. The summed E-state index contributed by atoms with van der Waals surface area (Å²) in [5.41, 5.74) is 0. The van der Waals surface area contributed by atoms with Crippen molar-refractivity contribution < 1.29 is 9.00 Å². The number of likely N-dealkylation sites (N-methyl/N-ethyl adjacent to an activating group) is 1. The molecule has 1 aromatic carbocycles. The first-order valence-electron chi connectivity index (χ1n) is 9.53. The van der Waals surface area contributed by atoms with E-state index in [-0.39, 0.29) is 5.91 Å². The van der Waals surface area contributed by atoms with E-state index in [9.17, 15) is 9.00 Å². The topological polar surface area (TPSA) is 85.8 Å². The minimum atomic E-state index is -1.03. The number of guanidine groups is 1. The number of carbonyl (C=O) groups is 1. The Hall–Kier alpha value is -1.93. The van der Waals surface area contributed by atoms with Gasteiger partial charge in [0.2, 0.25) is 5.91 Å². The van der Waals surface area contributed by atoms with E-state index in [4.69, 9.17) is 0 Å². The molecule has 0 radical (unpaired) electrons. The lowest BCUT2D eigenvalue weighted by atomic mass is 10.1. The van der Waals surface area contributed by atoms with Crippen molar-refractivity contribution in [2.45, 2.75) is 30.7 Å². The number of likely N-dealkylation sites (tertiary alicyclic amines) is 1. The van der Waals surface area contributed by atoms with Crippen LogP contribution in [0.5, 0.6) is 0 Å². The van der Waals surface area contributed by atoms with Gasteiger partial charge in [-0.05, 0) is 31.9 Å². The number of rotatable bonds is 8. The maximum Gasteiger partial charge on any atom is 0.233 e. The summed E-state index contributed by atoms with van der Waals surface area (Å²) in [4.78, 5) is 19.1. The maximum absolute atomic E-state index is 12.3. The predicted molar refractivity (Wildman–Crippen MR) is 110 cm³/mol. The Morgan fingerprint density at radius 1 is 1.26 bits per heavy atom. The molecule has 8 heteroatoms. The summed E-state index contributed by atoms with van der Waals surface area (Å²) in [6, 6.07) is 9.83. The smallest absolute Gasteiger partial charge is 0.233 e. The Labute approximate surface area is 164 Å². The molecule has 0 saturated carbocycles. The number of nitrogens with one attached hydrogen (secondary N) is 3. The Morgan fingerprint density at radius 2 is 1.96 bits per heavy atom. The molecule has 1 aliphatic rings. The summed E-state index contributed by atoms with van der Waals surface area (Å²) in [7, 11) is 0.638. The Balaban J connectivity index is 1.78. The van der Waals surface area contributed by atoms with E-state index >= 15 is 0 Å². The number of hydrogen-bond acceptors (Lipinski definition) is 4. The van der Waals surface area contributed by atoms with Crippen LogP contribution in [0.3, 0.4) is 0 Å². The van der Waals surface area contributed by atoms with Crippen LogP contribution in [-0.4, -0.2) is 72.5 Å². The molecule has 1 saturated heterocycles. The first-order chi connectivity index (χ1) is 13.1. The molecule has 1 aromatic rings. The molecule has 2 rings (SSSR count). The van der Waals surface area contributed by atoms with Gasteiger partial charge in [0.05, 0.1) is 23.9 Å². The molecule has 0 aliphatic carbocycles. The third-order valence-electron chi connectivity index (χ3n) is 4.47. The van der Waals surface area contributed by atoms with E-state index < -0.39 is 10.8 Å². The molecule has 27 heavy (non-hydrogen) atoms. The highest BCUT2D eigenvalue weighted by Gasteiger charge is 2.21. The van der Waals surface area contributed by atoms with Gasteiger partial charge in [0.25, 0.3) is 0 Å².